The molecule has 0 radical (unpaired) electrons. The fourth-order valence-electron chi connectivity index (χ4n) is 1.86. The van der Waals surface area contributed by atoms with Gasteiger partial charge in [0.05, 0.1) is 22.8 Å². The highest BCUT2D eigenvalue weighted by atomic mass is 35.5. The van der Waals surface area contributed by atoms with E-state index in [0.29, 0.717) is 21.8 Å². The highest BCUT2D eigenvalue weighted by molar-refractivity contribution is 6.33. The summed E-state index contributed by atoms with van der Waals surface area (Å²) >= 11 is 6.05. The van der Waals surface area contributed by atoms with E-state index in [1.807, 2.05) is 31.2 Å². The van der Waals surface area contributed by atoms with Crippen LogP contribution < -0.4 is 11.1 Å². The summed E-state index contributed by atoms with van der Waals surface area (Å²) in [5, 5.41) is 3.29. The van der Waals surface area contributed by atoms with Crippen LogP contribution in [0, 0.1) is 18.8 Å². The van der Waals surface area contributed by atoms with E-state index in [4.69, 9.17) is 17.3 Å². The smallest absolute Gasteiger partial charge is 0.256 e. The first-order valence-electron chi connectivity index (χ1n) is 6.47. The van der Waals surface area contributed by atoms with Crippen molar-refractivity contribution in [2.45, 2.75) is 6.92 Å². The summed E-state index contributed by atoms with van der Waals surface area (Å²) in [6.07, 6.45) is 0. The molecule has 0 bridgehead atoms. The minimum atomic E-state index is -0.246. The number of benzene rings is 2. The van der Waals surface area contributed by atoms with Crippen LogP contribution in [0.3, 0.4) is 0 Å². The first-order chi connectivity index (χ1) is 10.1. The number of para-hydroxylation sites is 1. The number of nitrogens with two attached hydrogens (primary N) is 1. The predicted molar refractivity (Wildman–Crippen MR) is 86.5 cm³/mol. The lowest BCUT2D eigenvalue weighted by Crippen LogP contribution is -2.14. The van der Waals surface area contributed by atoms with Gasteiger partial charge in [0.15, 0.2) is 0 Å². The van der Waals surface area contributed by atoms with Crippen molar-refractivity contribution in [2.24, 2.45) is 5.73 Å². The zero-order valence-corrected chi connectivity index (χ0v) is 12.4. The number of carbonyl (C=O) groups excluding carboxylic acids is 1. The molecule has 0 aliphatic carbocycles. The van der Waals surface area contributed by atoms with Crippen LogP contribution in [0.5, 0.6) is 0 Å². The van der Waals surface area contributed by atoms with E-state index in [9.17, 15) is 4.79 Å². The number of hydrogen-bond donors (Lipinski definition) is 2. The van der Waals surface area contributed by atoms with Gasteiger partial charge in [-0.2, -0.15) is 0 Å². The van der Waals surface area contributed by atoms with Crippen molar-refractivity contribution in [2.75, 3.05) is 11.9 Å². The van der Waals surface area contributed by atoms with Crippen molar-refractivity contribution in [3.63, 3.8) is 0 Å². The third-order valence-corrected chi connectivity index (χ3v) is 3.20. The molecule has 2 rings (SSSR count). The normalized spacial score (nSPS) is 9.67. The Hall–Kier alpha value is -2.28. The molecule has 0 heterocycles. The maximum absolute atomic E-state index is 12.4. The molecule has 0 aromatic heterocycles. The van der Waals surface area contributed by atoms with Gasteiger partial charge in [-0.15, -0.1) is 0 Å². The molecular formula is C17H15ClN2O. The van der Waals surface area contributed by atoms with Gasteiger partial charge >= 0.3 is 0 Å². The number of aryl methyl sites for hydroxylation is 1. The maximum atomic E-state index is 12.4. The van der Waals surface area contributed by atoms with Gasteiger partial charge in [-0.3, -0.25) is 4.79 Å². The van der Waals surface area contributed by atoms with Gasteiger partial charge in [-0.25, -0.2) is 0 Å². The summed E-state index contributed by atoms with van der Waals surface area (Å²) in [4.78, 5) is 12.4. The lowest BCUT2D eigenvalue weighted by molar-refractivity contribution is 0.102. The van der Waals surface area contributed by atoms with E-state index in [1.54, 1.807) is 18.2 Å². The Morgan fingerprint density at radius 1 is 1.29 bits per heavy atom. The fraction of sp³-hybridized carbons (Fsp3) is 0.118. The Labute approximate surface area is 129 Å². The number of amides is 1. The molecule has 2 aromatic carbocycles. The molecule has 0 aliphatic rings. The van der Waals surface area contributed by atoms with Crippen LogP contribution in [0.1, 0.15) is 21.5 Å². The summed E-state index contributed by atoms with van der Waals surface area (Å²) in [5.74, 6) is 5.45. The average molecular weight is 299 g/mol. The molecule has 4 heteroatoms. The Balaban J connectivity index is 2.33. The van der Waals surface area contributed by atoms with Crippen LogP contribution >= 0.6 is 11.6 Å². The summed E-state index contributed by atoms with van der Waals surface area (Å²) in [6.45, 7) is 2.20. The van der Waals surface area contributed by atoms with Crippen LogP contribution in [-0.2, 0) is 0 Å². The van der Waals surface area contributed by atoms with Crippen LogP contribution in [0.2, 0.25) is 5.02 Å². The van der Waals surface area contributed by atoms with Gasteiger partial charge in [-0.1, -0.05) is 41.6 Å². The highest BCUT2D eigenvalue weighted by Gasteiger charge is 2.12. The van der Waals surface area contributed by atoms with E-state index < -0.39 is 0 Å². The predicted octanol–water partition coefficient (Wildman–Crippen LogP) is 3.21. The highest BCUT2D eigenvalue weighted by Crippen LogP contribution is 2.22. The Bertz CT molecular complexity index is 729. The number of rotatable bonds is 2. The van der Waals surface area contributed by atoms with Gasteiger partial charge in [0.25, 0.3) is 5.91 Å². The Kier molecular flexibility index (Phi) is 4.99. The SMILES string of the molecule is Cc1ccc(C(=O)Nc2ccccc2Cl)c(C#CCN)c1. The van der Waals surface area contributed by atoms with Crippen LogP contribution in [0.25, 0.3) is 0 Å². The van der Waals surface area contributed by atoms with E-state index in [1.165, 1.54) is 0 Å². The molecule has 0 fully saturated rings. The van der Waals surface area contributed by atoms with Crippen molar-refractivity contribution in [1.29, 1.82) is 0 Å². The zero-order valence-electron chi connectivity index (χ0n) is 11.6. The number of anilines is 1. The van der Waals surface area contributed by atoms with Crippen LogP contribution in [0.4, 0.5) is 5.69 Å². The largest absolute Gasteiger partial charge is 0.321 e. The lowest BCUT2D eigenvalue weighted by Gasteiger charge is -2.09. The Morgan fingerprint density at radius 3 is 2.76 bits per heavy atom. The number of halogens is 1. The van der Waals surface area contributed by atoms with Crippen molar-refractivity contribution in [3.8, 4) is 11.8 Å². The van der Waals surface area contributed by atoms with Crippen molar-refractivity contribution in [1.82, 2.24) is 0 Å². The molecule has 106 valence electrons. The van der Waals surface area contributed by atoms with Gasteiger partial charge in [0.2, 0.25) is 0 Å². The molecule has 3 nitrogen and oxygen atoms in total. The molecule has 0 aliphatic heterocycles. The molecule has 2 aromatic rings. The number of nitrogens with one attached hydrogen (secondary N) is 1. The molecule has 0 atom stereocenters. The quantitative estimate of drug-likeness (QED) is 0.837. The monoisotopic (exact) mass is 298 g/mol. The number of hydrogen-bond acceptors (Lipinski definition) is 2. The maximum Gasteiger partial charge on any atom is 0.256 e. The summed E-state index contributed by atoms with van der Waals surface area (Å²) in [6, 6.07) is 12.6. The molecular weight excluding hydrogens is 284 g/mol. The molecule has 3 N–H and O–H groups in total. The van der Waals surface area contributed by atoms with E-state index >= 15 is 0 Å². The molecule has 1 amide bonds. The molecule has 0 spiro atoms. The van der Waals surface area contributed by atoms with Crippen molar-refractivity contribution in [3.05, 3.63) is 64.2 Å². The summed E-state index contributed by atoms with van der Waals surface area (Å²) in [7, 11) is 0. The molecule has 0 saturated carbocycles. The van der Waals surface area contributed by atoms with Gasteiger partial charge in [-0.05, 0) is 36.8 Å². The van der Waals surface area contributed by atoms with Crippen molar-refractivity contribution >= 4 is 23.2 Å². The van der Waals surface area contributed by atoms with E-state index in [0.717, 1.165) is 5.56 Å². The summed E-state index contributed by atoms with van der Waals surface area (Å²) in [5.41, 5.74) is 8.16. The molecule has 0 unspecified atom stereocenters. The first kappa shape index (κ1) is 15.1. The third kappa shape index (κ3) is 3.85. The second-order valence-electron chi connectivity index (χ2n) is 4.49. The minimum Gasteiger partial charge on any atom is -0.321 e. The van der Waals surface area contributed by atoms with E-state index in [2.05, 4.69) is 17.2 Å². The van der Waals surface area contributed by atoms with Gasteiger partial charge in [0.1, 0.15) is 0 Å². The standard InChI is InChI=1S/C17H15ClN2O/c1-12-8-9-14(13(11-12)5-4-10-19)17(21)20-16-7-3-2-6-15(16)18/h2-3,6-9,11H,10,19H2,1H3,(H,20,21). The van der Waals surface area contributed by atoms with Crippen LogP contribution in [0.15, 0.2) is 42.5 Å². The second-order valence-corrected chi connectivity index (χ2v) is 4.90. The minimum absolute atomic E-state index is 0.246. The second kappa shape index (κ2) is 6.94. The van der Waals surface area contributed by atoms with E-state index in [-0.39, 0.29) is 12.5 Å². The fourth-order valence-corrected chi connectivity index (χ4v) is 2.04. The van der Waals surface area contributed by atoms with Gasteiger partial charge in [0, 0.05) is 5.56 Å². The third-order valence-electron chi connectivity index (χ3n) is 2.87. The zero-order chi connectivity index (χ0) is 15.2. The average Bonchev–Trinajstić information content (AvgIpc) is 2.47. The first-order valence-corrected chi connectivity index (χ1v) is 6.85. The summed E-state index contributed by atoms with van der Waals surface area (Å²) < 4.78 is 0. The lowest BCUT2D eigenvalue weighted by atomic mass is 10.0. The Morgan fingerprint density at radius 2 is 2.05 bits per heavy atom. The van der Waals surface area contributed by atoms with Crippen molar-refractivity contribution < 1.29 is 4.79 Å². The molecule has 0 saturated heterocycles. The van der Waals surface area contributed by atoms with Gasteiger partial charge < -0.3 is 11.1 Å². The van der Waals surface area contributed by atoms with Crippen LogP contribution in [-0.4, -0.2) is 12.5 Å². The topological polar surface area (TPSA) is 55.1 Å². The number of carbonyl (C=O) groups is 1. The molecule has 21 heavy (non-hydrogen) atoms.